The maximum absolute atomic E-state index is 14.2. The van der Waals surface area contributed by atoms with Crippen LogP contribution in [-0.4, -0.2) is 29.6 Å². The van der Waals surface area contributed by atoms with E-state index in [4.69, 9.17) is 32.7 Å². The highest BCUT2D eigenvalue weighted by Gasteiger charge is 2.50. The molecule has 234 valence electrons. The first-order valence-electron chi connectivity index (χ1n) is 15.9. The lowest BCUT2D eigenvalue weighted by Gasteiger charge is -2.52. The zero-order valence-corrected chi connectivity index (χ0v) is 28.0. The van der Waals surface area contributed by atoms with E-state index in [0.29, 0.717) is 40.4 Å². The fourth-order valence-corrected chi connectivity index (χ4v) is 8.20. The van der Waals surface area contributed by atoms with Crippen LogP contribution in [0.5, 0.6) is 11.5 Å². The minimum Gasteiger partial charge on any atom is -0.493 e. The Bertz CT molecular complexity index is 1510. The molecule has 2 aromatic carbocycles. The molecule has 0 unspecified atom stereocenters. The molecule has 0 N–H and O–H groups in total. The van der Waals surface area contributed by atoms with E-state index in [1.165, 1.54) is 19.3 Å². The van der Waals surface area contributed by atoms with Gasteiger partial charge in [-0.3, -0.25) is 9.59 Å². The third-order valence-electron chi connectivity index (χ3n) is 9.79. The maximum atomic E-state index is 14.2. The van der Waals surface area contributed by atoms with Crippen molar-refractivity contribution in [3.05, 3.63) is 80.1 Å². The highest BCUT2D eigenvalue weighted by molar-refractivity contribution is 6.42. The fraction of sp³-hybridized carbons (Fsp3) is 0.514. The molecule has 0 bridgehead atoms. The molecule has 0 aromatic heterocycles. The Hall–Kier alpha value is -2.76. The minimum absolute atomic E-state index is 0.139. The molecule has 0 atom stereocenters. The van der Waals surface area contributed by atoms with Crippen LogP contribution >= 0.6 is 23.2 Å². The number of rotatable bonds is 6. The van der Waals surface area contributed by atoms with Crippen molar-refractivity contribution in [2.24, 2.45) is 10.8 Å². The summed E-state index contributed by atoms with van der Waals surface area (Å²) in [4.78, 5) is 30.9. The Morgan fingerprint density at radius 2 is 1.39 bits per heavy atom. The number of benzene rings is 2. The second-order valence-electron chi connectivity index (χ2n) is 14.6. The van der Waals surface area contributed by atoms with Crippen LogP contribution in [0, 0.1) is 10.8 Å². The Morgan fingerprint density at radius 3 is 1.95 bits per heavy atom. The van der Waals surface area contributed by atoms with Crippen LogP contribution in [0.3, 0.4) is 0 Å². The van der Waals surface area contributed by atoms with Crippen LogP contribution in [-0.2, 0) is 16.2 Å². The van der Waals surface area contributed by atoms with Gasteiger partial charge in [0.2, 0.25) is 0 Å². The first-order valence-corrected chi connectivity index (χ1v) is 16.7. The predicted molar refractivity (Wildman–Crippen MR) is 175 cm³/mol. The van der Waals surface area contributed by atoms with Crippen LogP contribution in [0.25, 0.3) is 0 Å². The van der Waals surface area contributed by atoms with Crippen molar-refractivity contribution in [3.8, 4) is 11.5 Å². The van der Waals surface area contributed by atoms with Crippen LogP contribution in [0.4, 0.5) is 0 Å². The fourth-order valence-electron chi connectivity index (χ4n) is 7.88. The van der Waals surface area contributed by atoms with Crippen LogP contribution in [0.2, 0.25) is 10.0 Å². The van der Waals surface area contributed by atoms with Crippen LogP contribution in [0.15, 0.2) is 58.9 Å². The molecule has 44 heavy (non-hydrogen) atoms. The zero-order chi connectivity index (χ0) is 31.4. The van der Waals surface area contributed by atoms with E-state index in [1.807, 2.05) is 24.3 Å². The summed E-state index contributed by atoms with van der Waals surface area (Å²) in [7, 11) is 1.62. The van der Waals surface area contributed by atoms with Crippen LogP contribution < -0.4 is 9.47 Å². The van der Waals surface area contributed by atoms with Crippen molar-refractivity contribution < 1.29 is 19.1 Å². The van der Waals surface area contributed by atoms with Crippen molar-refractivity contribution >= 4 is 34.8 Å². The number of halogens is 2. The molecule has 0 spiro atoms. The SMILES string of the molecule is COc1cc(C2C3=C(CC(C)(C)CC3=O)N(C3CCCCC3)C3=C2C(=O)CC(C)(C)C3)ccc1OCc1ccc(Cl)c(Cl)c1. The summed E-state index contributed by atoms with van der Waals surface area (Å²) < 4.78 is 12.0. The summed E-state index contributed by atoms with van der Waals surface area (Å²) in [6, 6.07) is 11.6. The molecule has 2 aromatic rings. The molecule has 5 nitrogen and oxygen atoms in total. The van der Waals surface area contributed by atoms with E-state index in [0.717, 1.165) is 59.4 Å². The summed E-state index contributed by atoms with van der Waals surface area (Å²) in [6.07, 6.45) is 8.43. The average molecular weight is 637 g/mol. The summed E-state index contributed by atoms with van der Waals surface area (Å²) in [5.74, 6) is 1.05. The molecule has 1 saturated carbocycles. The highest BCUT2D eigenvalue weighted by Crippen LogP contribution is 2.56. The summed E-state index contributed by atoms with van der Waals surface area (Å²) >= 11 is 12.3. The Labute approximate surface area is 271 Å². The molecule has 0 radical (unpaired) electrons. The first-order chi connectivity index (χ1) is 20.9. The number of hydrogen-bond donors (Lipinski definition) is 0. The van der Waals surface area contributed by atoms with Gasteiger partial charge in [0.1, 0.15) is 6.61 Å². The van der Waals surface area contributed by atoms with E-state index < -0.39 is 5.92 Å². The van der Waals surface area contributed by atoms with Gasteiger partial charge in [0.15, 0.2) is 23.1 Å². The van der Waals surface area contributed by atoms with Gasteiger partial charge < -0.3 is 14.4 Å². The third-order valence-corrected chi connectivity index (χ3v) is 10.5. The minimum atomic E-state index is -0.412. The molecule has 1 fully saturated rings. The normalized spacial score (nSPS) is 22.2. The van der Waals surface area contributed by atoms with Gasteiger partial charge in [-0.15, -0.1) is 0 Å². The molecule has 3 aliphatic carbocycles. The van der Waals surface area contributed by atoms with Crippen molar-refractivity contribution in [2.75, 3.05) is 7.11 Å². The Balaban J connectivity index is 1.46. The van der Waals surface area contributed by atoms with E-state index in [9.17, 15) is 9.59 Å². The topological polar surface area (TPSA) is 55.8 Å². The molecule has 1 aliphatic heterocycles. The van der Waals surface area contributed by atoms with Crippen molar-refractivity contribution in [1.29, 1.82) is 0 Å². The molecule has 1 heterocycles. The number of ketones is 2. The van der Waals surface area contributed by atoms with Gasteiger partial charge in [-0.1, -0.05) is 82.3 Å². The molecular formula is C37H43Cl2NO4. The number of hydrogen-bond acceptors (Lipinski definition) is 5. The quantitative estimate of drug-likeness (QED) is 0.316. The van der Waals surface area contributed by atoms with Crippen molar-refractivity contribution in [1.82, 2.24) is 4.90 Å². The maximum Gasteiger partial charge on any atom is 0.162 e. The second kappa shape index (κ2) is 11.9. The lowest BCUT2D eigenvalue weighted by atomic mass is 9.63. The lowest BCUT2D eigenvalue weighted by molar-refractivity contribution is -0.119. The Morgan fingerprint density at radius 1 is 0.773 bits per heavy atom. The smallest absolute Gasteiger partial charge is 0.162 e. The molecule has 6 rings (SSSR count). The van der Waals surface area contributed by atoms with Gasteiger partial charge in [0.05, 0.1) is 17.2 Å². The van der Waals surface area contributed by atoms with E-state index in [-0.39, 0.29) is 29.0 Å². The number of Topliss-reactive ketones (excluding diaryl/α,β-unsaturated/α-hetero) is 2. The van der Waals surface area contributed by atoms with Gasteiger partial charge >= 0.3 is 0 Å². The van der Waals surface area contributed by atoms with Gasteiger partial charge in [-0.2, -0.15) is 0 Å². The second-order valence-corrected chi connectivity index (χ2v) is 15.5. The van der Waals surface area contributed by atoms with E-state index >= 15 is 0 Å². The number of carbonyl (C=O) groups is 2. The van der Waals surface area contributed by atoms with Gasteiger partial charge in [0, 0.05) is 47.3 Å². The summed E-state index contributed by atoms with van der Waals surface area (Å²) in [5, 5.41) is 0.971. The zero-order valence-electron chi connectivity index (χ0n) is 26.5. The average Bonchev–Trinajstić information content (AvgIpc) is 2.96. The van der Waals surface area contributed by atoms with Crippen molar-refractivity contribution in [3.63, 3.8) is 0 Å². The highest BCUT2D eigenvalue weighted by atomic mass is 35.5. The number of carbonyl (C=O) groups excluding carboxylic acids is 2. The number of ether oxygens (including phenoxy) is 2. The third kappa shape index (κ3) is 5.95. The predicted octanol–water partition coefficient (Wildman–Crippen LogP) is 9.60. The molecular weight excluding hydrogens is 593 g/mol. The van der Waals surface area contributed by atoms with Crippen molar-refractivity contribution in [2.45, 2.75) is 104 Å². The van der Waals surface area contributed by atoms with E-state index in [1.54, 1.807) is 19.2 Å². The van der Waals surface area contributed by atoms with E-state index in [2.05, 4.69) is 32.6 Å². The summed E-state index contributed by atoms with van der Waals surface area (Å²) in [6.45, 7) is 9.09. The standard InChI is InChI=1S/C37H43Cl2NO4/c1-36(2)17-27-34(29(41)19-36)33(35-28(18-37(3,4)20-30(35)42)40(27)24-9-7-6-8-10-24)23-12-14-31(32(16-23)43-5)44-21-22-11-13-25(38)26(39)15-22/h11-16,24,33H,6-10,17-21H2,1-5H3. The monoisotopic (exact) mass is 635 g/mol. The van der Waals surface area contributed by atoms with Gasteiger partial charge in [-0.25, -0.2) is 0 Å². The molecule has 0 amide bonds. The Kier molecular flexibility index (Phi) is 8.43. The molecule has 7 heteroatoms. The van der Waals surface area contributed by atoms with Gasteiger partial charge in [-0.05, 0) is 71.9 Å². The summed E-state index contributed by atoms with van der Waals surface area (Å²) in [5.41, 5.74) is 5.42. The van der Waals surface area contributed by atoms with Crippen LogP contribution in [0.1, 0.15) is 103 Å². The lowest BCUT2D eigenvalue weighted by Crippen LogP contribution is -2.48. The first kappa shape index (κ1) is 31.2. The number of allylic oxidation sites excluding steroid dienone is 4. The number of nitrogens with zero attached hydrogens (tertiary/aromatic N) is 1. The van der Waals surface area contributed by atoms with Gasteiger partial charge in [0.25, 0.3) is 0 Å². The molecule has 4 aliphatic rings. The molecule has 0 saturated heterocycles. The largest absolute Gasteiger partial charge is 0.493 e. The number of methoxy groups -OCH3 is 1.